The zero-order chi connectivity index (χ0) is 14.3. The fourth-order valence-electron chi connectivity index (χ4n) is 3.72. The molecule has 0 heterocycles. The lowest BCUT2D eigenvalue weighted by Crippen LogP contribution is -2.52. The van der Waals surface area contributed by atoms with Crippen molar-refractivity contribution in [1.29, 1.82) is 0 Å². The Bertz CT molecular complexity index is 426. The van der Waals surface area contributed by atoms with Crippen LogP contribution in [0.15, 0.2) is 30.3 Å². The van der Waals surface area contributed by atoms with E-state index in [1.165, 1.54) is 37.7 Å². The predicted molar refractivity (Wildman–Crippen MR) is 85.0 cm³/mol. The van der Waals surface area contributed by atoms with Gasteiger partial charge in [-0.1, -0.05) is 49.6 Å². The van der Waals surface area contributed by atoms with E-state index in [2.05, 4.69) is 41.7 Å². The van der Waals surface area contributed by atoms with Crippen LogP contribution < -0.4 is 11.3 Å². The van der Waals surface area contributed by atoms with Crippen LogP contribution in [0.25, 0.3) is 0 Å². The normalized spacial score (nSPS) is 19.2. The van der Waals surface area contributed by atoms with Gasteiger partial charge in [0.1, 0.15) is 0 Å². The highest BCUT2D eigenvalue weighted by Crippen LogP contribution is 2.43. The Labute approximate surface area is 123 Å². The van der Waals surface area contributed by atoms with Gasteiger partial charge in [0.15, 0.2) is 0 Å². The molecule has 1 aliphatic carbocycles. The van der Waals surface area contributed by atoms with Crippen molar-refractivity contribution in [2.75, 3.05) is 0 Å². The maximum absolute atomic E-state index is 5.91. The highest BCUT2D eigenvalue weighted by Gasteiger charge is 2.40. The molecule has 1 unspecified atom stereocenters. The standard InChI is InChI=1S/C18H26N2/c1-2-3-6-13-17(20-19)18(14-9-5-10-15-18)16-11-7-4-8-12-16/h1,4,7-8,11-12,17,20H,3,5-6,9-10,13-15,19H2. The molecule has 108 valence electrons. The highest BCUT2D eigenvalue weighted by atomic mass is 15.2. The average Bonchev–Trinajstić information content (AvgIpc) is 2.53. The van der Waals surface area contributed by atoms with Gasteiger partial charge in [-0.2, -0.15) is 0 Å². The summed E-state index contributed by atoms with van der Waals surface area (Å²) in [7, 11) is 0. The summed E-state index contributed by atoms with van der Waals surface area (Å²) < 4.78 is 0. The summed E-state index contributed by atoms with van der Waals surface area (Å²) >= 11 is 0. The van der Waals surface area contributed by atoms with Crippen molar-refractivity contribution in [2.24, 2.45) is 5.84 Å². The highest BCUT2D eigenvalue weighted by molar-refractivity contribution is 5.28. The third-order valence-corrected chi connectivity index (χ3v) is 4.78. The summed E-state index contributed by atoms with van der Waals surface area (Å²) in [5.74, 6) is 8.64. The average molecular weight is 270 g/mol. The SMILES string of the molecule is C#CCCCC(NN)C1(c2ccccc2)CCCCC1. The van der Waals surface area contributed by atoms with Crippen molar-refractivity contribution in [3.8, 4) is 12.3 Å². The van der Waals surface area contributed by atoms with Gasteiger partial charge in [-0.25, -0.2) is 0 Å². The number of nitrogens with one attached hydrogen (secondary N) is 1. The number of hydrogen-bond acceptors (Lipinski definition) is 2. The van der Waals surface area contributed by atoms with Crippen LogP contribution in [0, 0.1) is 12.3 Å². The van der Waals surface area contributed by atoms with Gasteiger partial charge in [-0.15, -0.1) is 12.3 Å². The smallest absolute Gasteiger partial charge is 0.0307 e. The minimum absolute atomic E-state index is 0.183. The second-order valence-electron chi connectivity index (χ2n) is 5.90. The van der Waals surface area contributed by atoms with E-state index in [1.54, 1.807) is 0 Å². The molecular weight excluding hydrogens is 244 g/mol. The first-order valence-corrected chi connectivity index (χ1v) is 7.78. The Morgan fingerprint density at radius 2 is 1.90 bits per heavy atom. The van der Waals surface area contributed by atoms with Crippen LogP contribution in [-0.4, -0.2) is 6.04 Å². The Morgan fingerprint density at radius 1 is 1.20 bits per heavy atom. The molecule has 2 rings (SSSR count). The Kier molecular flexibility index (Phi) is 5.64. The van der Waals surface area contributed by atoms with Gasteiger partial charge in [-0.3, -0.25) is 11.3 Å². The summed E-state index contributed by atoms with van der Waals surface area (Å²) in [6.07, 6.45) is 14.7. The Balaban J connectivity index is 2.23. The van der Waals surface area contributed by atoms with Crippen LogP contribution in [0.4, 0.5) is 0 Å². The summed E-state index contributed by atoms with van der Waals surface area (Å²) in [6.45, 7) is 0. The molecule has 0 radical (unpaired) electrons. The topological polar surface area (TPSA) is 38.0 Å². The molecule has 0 amide bonds. The number of terminal acetylenes is 1. The largest absolute Gasteiger partial charge is 0.271 e. The summed E-state index contributed by atoms with van der Waals surface area (Å²) in [6, 6.07) is 11.2. The van der Waals surface area contributed by atoms with Crippen molar-refractivity contribution in [3.63, 3.8) is 0 Å². The zero-order valence-electron chi connectivity index (χ0n) is 12.3. The number of nitrogens with two attached hydrogens (primary N) is 1. The first kappa shape index (κ1) is 15.1. The summed E-state index contributed by atoms with van der Waals surface area (Å²) in [5, 5.41) is 0. The molecule has 20 heavy (non-hydrogen) atoms. The molecule has 2 nitrogen and oxygen atoms in total. The maximum Gasteiger partial charge on any atom is 0.0307 e. The predicted octanol–water partition coefficient (Wildman–Crippen LogP) is 3.52. The minimum Gasteiger partial charge on any atom is -0.271 e. The molecule has 0 saturated heterocycles. The van der Waals surface area contributed by atoms with E-state index in [0.29, 0.717) is 6.04 Å². The number of hydrazine groups is 1. The number of hydrogen-bond donors (Lipinski definition) is 2. The molecule has 0 bridgehead atoms. The number of rotatable bonds is 6. The zero-order valence-corrected chi connectivity index (χ0v) is 12.3. The van der Waals surface area contributed by atoms with Gasteiger partial charge in [0, 0.05) is 17.9 Å². The molecule has 1 atom stereocenters. The van der Waals surface area contributed by atoms with Gasteiger partial charge in [0.05, 0.1) is 0 Å². The molecule has 0 aliphatic heterocycles. The van der Waals surface area contributed by atoms with E-state index in [4.69, 9.17) is 12.3 Å². The van der Waals surface area contributed by atoms with Crippen LogP contribution in [0.1, 0.15) is 56.9 Å². The fraction of sp³-hybridized carbons (Fsp3) is 0.556. The van der Waals surface area contributed by atoms with E-state index in [1.807, 2.05) is 0 Å². The third kappa shape index (κ3) is 3.23. The molecule has 1 aromatic rings. The molecule has 3 N–H and O–H groups in total. The van der Waals surface area contributed by atoms with E-state index in [9.17, 15) is 0 Å². The van der Waals surface area contributed by atoms with Crippen LogP contribution >= 0.6 is 0 Å². The van der Waals surface area contributed by atoms with Crippen molar-refractivity contribution >= 4 is 0 Å². The van der Waals surface area contributed by atoms with E-state index >= 15 is 0 Å². The molecule has 1 fully saturated rings. The van der Waals surface area contributed by atoms with Crippen LogP contribution in [0.3, 0.4) is 0 Å². The van der Waals surface area contributed by atoms with Gasteiger partial charge in [-0.05, 0) is 31.2 Å². The quantitative estimate of drug-likeness (QED) is 0.359. The monoisotopic (exact) mass is 270 g/mol. The lowest BCUT2D eigenvalue weighted by Gasteiger charge is -2.44. The molecule has 2 heteroatoms. The lowest BCUT2D eigenvalue weighted by atomic mass is 9.64. The minimum atomic E-state index is 0.183. The molecular formula is C18H26N2. The maximum atomic E-state index is 5.91. The van der Waals surface area contributed by atoms with Crippen LogP contribution in [0.5, 0.6) is 0 Å². The Morgan fingerprint density at radius 3 is 2.50 bits per heavy atom. The molecule has 0 spiro atoms. The van der Waals surface area contributed by atoms with Crippen LogP contribution in [-0.2, 0) is 5.41 Å². The molecule has 0 aromatic heterocycles. The number of benzene rings is 1. The molecule has 1 saturated carbocycles. The number of unbranched alkanes of at least 4 members (excludes halogenated alkanes) is 1. The third-order valence-electron chi connectivity index (χ3n) is 4.78. The van der Waals surface area contributed by atoms with Crippen LogP contribution in [0.2, 0.25) is 0 Å². The van der Waals surface area contributed by atoms with E-state index in [-0.39, 0.29) is 5.41 Å². The fourth-order valence-corrected chi connectivity index (χ4v) is 3.72. The summed E-state index contributed by atoms with van der Waals surface area (Å²) in [4.78, 5) is 0. The van der Waals surface area contributed by atoms with Gasteiger partial charge in [0.25, 0.3) is 0 Å². The Hall–Kier alpha value is -1.30. The lowest BCUT2D eigenvalue weighted by molar-refractivity contribution is 0.202. The molecule has 1 aliphatic rings. The van der Waals surface area contributed by atoms with Crippen molar-refractivity contribution in [1.82, 2.24) is 5.43 Å². The van der Waals surface area contributed by atoms with E-state index < -0.39 is 0 Å². The van der Waals surface area contributed by atoms with Gasteiger partial charge >= 0.3 is 0 Å². The van der Waals surface area contributed by atoms with Crippen molar-refractivity contribution in [3.05, 3.63) is 35.9 Å². The van der Waals surface area contributed by atoms with Gasteiger partial charge < -0.3 is 0 Å². The molecule has 1 aromatic carbocycles. The van der Waals surface area contributed by atoms with Crippen molar-refractivity contribution < 1.29 is 0 Å². The van der Waals surface area contributed by atoms with Gasteiger partial charge in [0.2, 0.25) is 0 Å². The summed E-state index contributed by atoms with van der Waals surface area (Å²) in [5.41, 5.74) is 4.72. The van der Waals surface area contributed by atoms with Crippen molar-refractivity contribution in [2.45, 2.75) is 62.8 Å². The van der Waals surface area contributed by atoms with E-state index in [0.717, 1.165) is 19.3 Å². The first-order valence-electron chi connectivity index (χ1n) is 7.78. The second-order valence-corrected chi connectivity index (χ2v) is 5.90. The second kappa shape index (κ2) is 7.47. The first-order chi connectivity index (χ1) is 9.83.